The van der Waals surface area contributed by atoms with Crippen LogP contribution >= 0.6 is 16.1 Å². The number of nitrogens with zero attached hydrogens (tertiary/aromatic N) is 1. The van der Waals surface area contributed by atoms with Gasteiger partial charge in [0.05, 0.1) is 32.3 Å². The number of hydrogen-bond acceptors (Lipinski definition) is 1. The van der Waals surface area contributed by atoms with Crippen molar-refractivity contribution in [3.63, 3.8) is 0 Å². The first-order valence-electron chi connectivity index (χ1n) is 34.9. The summed E-state index contributed by atoms with van der Waals surface area (Å²) in [4.78, 5) is 0. The quantitative estimate of drug-likeness (QED) is 0.0243. The fourth-order valence-corrected chi connectivity index (χ4v) is 44.8. The van der Waals surface area contributed by atoms with E-state index in [0.717, 1.165) is 0 Å². The molecule has 1 aliphatic rings. The molecular weight excluding hydrogens is 1070 g/mol. The third-order valence-corrected chi connectivity index (χ3v) is 48.2. The highest BCUT2D eigenvalue weighted by Gasteiger charge is 2.43. The molecule has 0 unspecified atom stereocenters. The average Bonchev–Trinajstić information content (AvgIpc) is 3.80. The van der Waals surface area contributed by atoms with E-state index in [-0.39, 0.29) is 0 Å². The Morgan fingerprint density at radius 2 is 0.525 bits per heavy atom. The fourth-order valence-electron chi connectivity index (χ4n) is 15.7. The molecule has 7 heteroatoms. The molecule has 0 radical (unpaired) electrons. The van der Waals surface area contributed by atoms with Gasteiger partial charge in [0.25, 0.3) is 0 Å². The summed E-state index contributed by atoms with van der Waals surface area (Å²) in [6.07, 6.45) is 32.1. The van der Waals surface area contributed by atoms with Crippen molar-refractivity contribution in [1.82, 2.24) is 4.44 Å². The maximum atomic E-state index is 3.44. The van der Waals surface area contributed by atoms with Crippen LogP contribution in [0.3, 0.4) is 0 Å². The van der Waals surface area contributed by atoms with Crippen molar-refractivity contribution >= 4 is 90.4 Å². The zero-order valence-corrected chi connectivity index (χ0v) is 60.4. The number of rotatable bonds is 41. The summed E-state index contributed by atoms with van der Waals surface area (Å²) in [5.74, 6) is 0. The van der Waals surface area contributed by atoms with Crippen molar-refractivity contribution < 1.29 is 0 Å². The van der Waals surface area contributed by atoms with Crippen molar-refractivity contribution in [2.75, 3.05) is 0 Å². The third-order valence-electron chi connectivity index (χ3n) is 19.8. The highest BCUT2D eigenvalue weighted by Crippen LogP contribution is 2.58. The molecule has 1 saturated carbocycles. The summed E-state index contributed by atoms with van der Waals surface area (Å²) in [5.41, 5.74) is 0. The second kappa shape index (κ2) is 37.2. The van der Waals surface area contributed by atoms with E-state index in [2.05, 4.69) is 185 Å². The molecule has 4 aromatic rings. The van der Waals surface area contributed by atoms with Gasteiger partial charge in [-0.25, -0.2) is 4.44 Å². The van der Waals surface area contributed by atoms with Gasteiger partial charge < -0.3 is 0 Å². The van der Waals surface area contributed by atoms with Gasteiger partial charge in [-0.2, -0.15) is 0 Å². The van der Waals surface area contributed by atoms with Gasteiger partial charge in [0.2, 0.25) is 0 Å². The molecule has 0 N–H and O–H groups in total. The van der Waals surface area contributed by atoms with Gasteiger partial charge in [-0.3, -0.25) is 0 Å². The van der Waals surface area contributed by atoms with Crippen LogP contribution < -0.4 is 42.0 Å². The lowest BCUT2D eigenvalue weighted by Crippen LogP contribution is -2.50. The summed E-state index contributed by atoms with van der Waals surface area (Å²) in [5, 5.41) is 13.9. The molecular formula is C73H125NP2Si4. The summed E-state index contributed by atoms with van der Waals surface area (Å²) in [6.45, 7) is 29.7. The predicted molar refractivity (Wildman–Crippen MR) is 382 cm³/mol. The first-order valence-corrected chi connectivity index (χ1v) is 48.0. The van der Waals surface area contributed by atoms with E-state index >= 15 is 0 Å². The van der Waals surface area contributed by atoms with Gasteiger partial charge in [0.15, 0.2) is 0 Å². The van der Waals surface area contributed by atoms with Gasteiger partial charge >= 0.3 is 0 Å². The predicted octanol–water partition coefficient (Wildman–Crippen LogP) is 21.0. The molecule has 0 saturated heterocycles. The number of unbranched alkanes of at least 4 members (excludes halogenated alkanes) is 6. The zero-order valence-electron chi connectivity index (χ0n) is 54.6. The van der Waals surface area contributed by atoms with Crippen LogP contribution in [0.4, 0.5) is 0 Å². The number of benzene rings is 4. The molecule has 0 amide bonds. The Labute approximate surface area is 504 Å². The van der Waals surface area contributed by atoms with E-state index in [1.807, 2.05) is 10.4 Å². The van der Waals surface area contributed by atoms with E-state index in [0.29, 0.717) is 6.04 Å². The van der Waals surface area contributed by atoms with Crippen LogP contribution in [0.2, 0.25) is 72.5 Å². The Hall–Kier alpha value is -1.43. The minimum atomic E-state index is -1.83. The van der Waals surface area contributed by atoms with Crippen molar-refractivity contribution in [3.8, 4) is 0 Å². The van der Waals surface area contributed by atoms with E-state index in [1.165, 1.54) is 227 Å². The van der Waals surface area contributed by atoms with E-state index < -0.39 is 48.4 Å². The van der Waals surface area contributed by atoms with Crippen LogP contribution in [0, 0.1) is 0 Å². The number of hydrogen-bond donors (Lipinski definition) is 0. The Kier molecular flexibility index (Phi) is 32.2. The van der Waals surface area contributed by atoms with Gasteiger partial charge in [-0.15, -0.1) is 0 Å². The third kappa shape index (κ3) is 18.5. The minimum Gasteiger partial charge on any atom is -0.242 e. The molecule has 1 aliphatic carbocycles. The standard InChI is InChI=1S/C73H125NP2Si4/c1-13-25-55-79(56-26-14-2,57-27-15-3)72-47-37-43-68(63-72)76(69-44-38-48-73(64-69)80(58-28-16-4,59-29-17-5)60-30-18-6)74(65-39-33-31-32-34-40-65)75(66-41-35-45-70(61-66)77(49-19-7,50-20-8)51-21-9)67-42-36-46-71(62-67)78(52-22-10,53-23-11)54-24-12/h35-38,41-48,61-65H,13-34,39-40,49-60H2,1-12H3. The second-order valence-corrected chi connectivity index (χ2v) is 49.1. The molecule has 0 aliphatic heterocycles. The molecule has 0 heterocycles. The smallest absolute Gasteiger partial charge is 0.0867 e. The SMILES string of the molecule is CCCC[Si](CCCC)(CCCC)c1cccc(P(c2cccc([Si](CCCC)(CCCC)CCCC)c2)N(C2CCCCCC2)P(c2cccc([Si](CCC)(CCC)CCC)c2)c2cccc([Si](CCC)(CCC)CCC)c2)c1. The van der Waals surface area contributed by atoms with Crippen LogP contribution in [0.25, 0.3) is 0 Å². The van der Waals surface area contributed by atoms with Crippen molar-refractivity contribution in [2.45, 2.75) is 316 Å². The first-order chi connectivity index (χ1) is 39.1. The second-order valence-electron chi connectivity index (χ2n) is 26.0. The average molecular weight is 1190 g/mol. The zero-order chi connectivity index (χ0) is 57.7. The van der Waals surface area contributed by atoms with Crippen LogP contribution in [0.15, 0.2) is 97.1 Å². The summed E-state index contributed by atoms with van der Waals surface area (Å²) < 4.78 is 3.44. The van der Waals surface area contributed by atoms with Gasteiger partial charge in [0, 0.05) is 22.2 Å². The molecule has 0 bridgehead atoms. The topological polar surface area (TPSA) is 3.24 Å². The van der Waals surface area contributed by atoms with Crippen LogP contribution in [0.5, 0.6) is 0 Å². The van der Waals surface area contributed by atoms with Gasteiger partial charge in [-0.05, 0) is 34.1 Å². The van der Waals surface area contributed by atoms with E-state index in [9.17, 15) is 0 Å². The lowest BCUT2D eigenvalue weighted by molar-refractivity contribution is 0.441. The maximum Gasteiger partial charge on any atom is 0.0867 e. The first kappa shape index (κ1) is 69.3. The molecule has 448 valence electrons. The van der Waals surface area contributed by atoms with Crippen LogP contribution in [0.1, 0.15) is 237 Å². The monoisotopic (exact) mass is 1190 g/mol. The molecule has 5 rings (SSSR count). The highest BCUT2D eigenvalue weighted by atomic mass is 31.2. The lowest BCUT2D eigenvalue weighted by Gasteiger charge is -2.45. The molecule has 0 aromatic heterocycles. The Bertz CT molecular complexity index is 2070. The Morgan fingerprint density at radius 3 is 0.738 bits per heavy atom. The Balaban J connectivity index is 2.05. The molecule has 1 fully saturated rings. The highest BCUT2D eigenvalue weighted by molar-refractivity contribution is 7.84. The molecule has 0 atom stereocenters. The molecule has 1 nitrogen and oxygen atoms in total. The van der Waals surface area contributed by atoms with Crippen molar-refractivity contribution in [2.24, 2.45) is 0 Å². The van der Waals surface area contributed by atoms with Crippen LogP contribution in [-0.4, -0.2) is 42.8 Å². The lowest BCUT2D eigenvalue weighted by atomic mass is 10.1. The van der Waals surface area contributed by atoms with Crippen molar-refractivity contribution in [1.29, 1.82) is 0 Å². The fraction of sp³-hybridized carbons (Fsp3) is 0.671. The van der Waals surface area contributed by atoms with Crippen LogP contribution in [-0.2, 0) is 0 Å². The molecule has 0 spiro atoms. The largest absolute Gasteiger partial charge is 0.242 e. The van der Waals surface area contributed by atoms with Crippen molar-refractivity contribution in [3.05, 3.63) is 97.1 Å². The molecule has 80 heavy (non-hydrogen) atoms. The van der Waals surface area contributed by atoms with Gasteiger partial charge in [0.1, 0.15) is 0 Å². The molecule has 4 aromatic carbocycles. The summed E-state index contributed by atoms with van der Waals surface area (Å²) >= 11 is 0. The van der Waals surface area contributed by atoms with E-state index in [1.54, 1.807) is 31.6 Å². The summed E-state index contributed by atoms with van der Waals surface area (Å²) in [7, 11) is -9.04. The Morgan fingerprint density at radius 1 is 0.300 bits per heavy atom. The summed E-state index contributed by atoms with van der Waals surface area (Å²) in [6, 6.07) is 61.5. The normalized spacial score (nSPS) is 14.2. The minimum absolute atomic E-state index is 0.534. The van der Waals surface area contributed by atoms with E-state index in [4.69, 9.17) is 0 Å². The van der Waals surface area contributed by atoms with Gasteiger partial charge in [-0.1, -0.05) is 415 Å². The maximum absolute atomic E-state index is 3.44.